The number of aliphatic carboxylic acids is 1. The number of rotatable bonds is 7. The maximum atomic E-state index is 13.5. The Morgan fingerprint density at radius 1 is 1.32 bits per heavy atom. The van der Waals surface area contributed by atoms with E-state index < -0.39 is 11.9 Å². The Bertz CT molecular complexity index is 1260. The summed E-state index contributed by atoms with van der Waals surface area (Å²) < 4.78 is 18.8. The fourth-order valence-electron chi connectivity index (χ4n) is 4.40. The first kappa shape index (κ1) is 23.9. The maximum absolute atomic E-state index is 13.5. The molecular formula is C26H25FN2O4S. The number of likely N-dealkylation sites (tertiary alicyclic amines) is 1. The molecule has 3 heterocycles. The predicted octanol–water partition coefficient (Wildman–Crippen LogP) is 4.48. The van der Waals surface area contributed by atoms with Crippen LogP contribution in [0.25, 0.3) is 10.9 Å². The molecule has 2 atom stereocenters. The second-order valence-corrected chi connectivity index (χ2v) is 9.25. The van der Waals surface area contributed by atoms with Crippen molar-refractivity contribution in [3.05, 3.63) is 58.2 Å². The highest BCUT2D eigenvalue weighted by Crippen LogP contribution is 2.30. The molecule has 1 aromatic carbocycles. The van der Waals surface area contributed by atoms with Crippen molar-refractivity contribution in [1.29, 1.82) is 0 Å². The number of carbonyl (C=O) groups is 2. The lowest BCUT2D eigenvalue weighted by Crippen LogP contribution is -2.44. The number of benzene rings is 1. The molecule has 6 nitrogen and oxygen atoms in total. The standard InChI is InChI=1S/C26H25FN2O4S/c1-33-18-5-6-23-20(15-18)19(8-11-28-23)24(30)7-4-17-9-13-29(16-21(17)26(31)32)12-2-3-25-22(27)10-14-34-25/h5-6,8,10-11,14-15,17,21H,4,7,9,12-13,16H2,1H3,(H,31,32)/t17-,21+/m0/s1. The van der Waals surface area contributed by atoms with Crippen LogP contribution in [0.15, 0.2) is 41.9 Å². The van der Waals surface area contributed by atoms with Gasteiger partial charge in [-0.1, -0.05) is 11.8 Å². The normalized spacial score (nSPS) is 18.3. The number of hydrogen-bond donors (Lipinski definition) is 1. The van der Waals surface area contributed by atoms with Gasteiger partial charge in [0.25, 0.3) is 0 Å². The van der Waals surface area contributed by atoms with E-state index in [0.717, 1.165) is 5.39 Å². The number of nitrogens with zero attached hydrogens (tertiary/aromatic N) is 2. The number of piperidine rings is 1. The van der Waals surface area contributed by atoms with Gasteiger partial charge in [0.15, 0.2) is 5.78 Å². The number of fused-ring (bicyclic) bond motifs is 1. The zero-order valence-electron chi connectivity index (χ0n) is 18.8. The summed E-state index contributed by atoms with van der Waals surface area (Å²) in [7, 11) is 1.57. The molecule has 4 rings (SSSR count). The summed E-state index contributed by atoms with van der Waals surface area (Å²) in [5.74, 6) is 4.54. The Balaban J connectivity index is 1.39. The Hall–Kier alpha value is -3.28. The average molecular weight is 481 g/mol. The second kappa shape index (κ2) is 10.8. The first-order chi connectivity index (χ1) is 16.5. The lowest BCUT2D eigenvalue weighted by molar-refractivity contribution is -0.146. The van der Waals surface area contributed by atoms with Crippen molar-refractivity contribution in [2.45, 2.75) is 19.3 Å². The van der Waals surface area contributed by atoms with Crippen LogP contribution in [0.3, 0.4) is 0 Å². The summed E-state index contributed by atoms with van der Waals surface area (Å²) >= 11 is 1.25. The molecule has 1 fully saturated rings. The van der Waals surface area contributed by atoms with Gasteiger partial charge in [-0.25, -0.2) is 4.39 Å². The fraction of sp³-hybridized carbons (Fsp3) is 0.346. The molecule has 0 unspecified atom stereocenters. The van der Waals surface area contributed by atoms with Crippen LogP contribution in [-0.4, -0.2) is 53.5 Å². The maximum Gasteiger partial charge on any atom is 0.308 e. The van der Waals surface area contributed by atoms with E-state index >= 15 is 0 Å². The molecule has 0 aliphatic carbocycles. The van der Waals surface area contributed by atoms with Crippen LogP contribution in [0, 0.1) is 29.5 Å². The molecular weight excluding hydrogens is 455 g/mol. The minimum absolute atomic E-state index is 0.0314. The predicted molar refractivity (Wildman–Crippen MR) is 129 cm³/mol. The fourth-order valence-corrected chi connectivity index (χ4v) is 5.03. The zero-order valence-corrected chi connectivity index (χ0v) is 19.6. The monoisotopic (exact) mass is 480 g/mol. The summed E-state index contributed by atoms with van der Waals surface area (Å²) in [6.07, 6.45) is 3.06. The van der Waals surface area contributed by atoms with Crippen molar-refractivity contribution in [3.8, 4) is 17.6 Å². The summed E-state index contributed by atoms with van der Waals surface area (Å²) in [6, 6.07) is 8.51. The minimum atomic E-state index is -0.862. The van der Waals surface area contributed by atoms with Crippen LogP contribution in [0.5, 0.6) is 5.75 Å². The number of carbonyl (C=O) groups excluding carboxylic acids is 1. The van der Waals surface area contributed by atoms with Gasteiger partial charge >= 0.3 is 5.97 Å². The van der Waals surface area contributed by atoms with E-state index in [9.17, 15) is 19.1 Å². The van der Waals surface area contributed by atoms with E-state index in [1.54, 1.807) is 36.9 Å². The van der Waals surface area contributed by atoms with Gasteiger partial charge in [-0.2, -0.15) is 0 Å². The van der Waals surface area contributed by atoms with Crippen LogP contribution in [-0.2, 0) is 4.79 Å². The molecule has 8 heteroatoms. The van der Waals surface area contributed by atoms with Crippen LogP contribution < -0.4 is 4.74 Å². The van der Waals surface area contributed by atoms with Crippen LogP contribution >= 0.6 is 11.3 Å². The molecule has 1 aliphatic heterocycles. The third-order valence-corrected chi connectivity index (χ3v) is 7.08. The molecule has 2 aromatic heterocycles. The van der Waals surface area contributed by atoms with Crippen LogP contribution in [0.1, 0.15) is 34.5 Å². The lowest BCUT2D eigenvalue weighted by Gasteiger charge is -2.35. The molecule has 176 valence electrons. The quantitative estimate of drug-likeness (QED) is 0.397. The van der Waals surface area contributed by atoms with Gasteiger partial charge < -0.3 is 9.84 Å². The van der Waals surface area contributed by atoms with Crippen LogP contribution in [0.2, 0.25) is 0 Å². The highest BCUT2D eigenvalue weighted by Gasteiger charge is 2.34. The van der Waals surface area contributed by atoms with Gasteiger partial charge in [-0.05, 0) is 61.0 Å². The number of aromatic nitrogens is 1. The van der Waals surface area contributed by atoms with Gasteiger partial charge in [-0.15, -0.1) is 11.3 Å². The van der Waals surface area contributed by atoms with Gasteiger partial charge in [-0.3, -0.25) is 19.5 Å². The molecule has 0 bridgehead atoms. The van der Waals surface area contributed by atoms with Crippen molar-refractivity contribution in [1.82, 2.24) is 9.88 Å². The summed E-state index contributed by atoms with van der Waals surface area (Å²) in [4.78, 5) is 31.7. The minimum Gasteiger partial charge on any atom is -0.497 e. The molecule has 1 N–H and O–H groups in total. The highest BCUT2D eigenvalue weighted by molar-refractivity contribution is 7.10. The number of pyridine rings is 1. The van der Waals surface area contributed by atoms with Crippen LogP contribution in [0.4, 0.5) is 4.39 Å². The topological polar surface area (TPSA) is 79.7 Å². The van der Waals surface area contributed by atoms with Crippen molar-refractivity contribution in [2.75, 3.05) is 26.7 Å². The van der Waals surface area contributed by atoms with E-state index in [2.05, 4.69) is 16.8 Å². The number of carboxylic acid groups (broad SMARTS) is 1. The number of methoxy groups -OCH3 is 1. The summed E-state index contributed by atoms with van der Waals surface area (Å²) in [5, 5.41) is 12.2. The number of ketones is 1. The third-order valence-electron chi connectivity index (χ3n) is 6.27. The highest BCUT2D eigenvalue weighted by atomic mass is 32.1. The van der Waals surface area contributed by atoms with Gasteiger partial charge in [0, 0.05) is 30.1 Å². The molecule has 3 aromatic rings. The van der Waals surface area contributed by atoms with Crippen molar-refractivity contribution in [2.24, 2.45) is 11.8 Å². The summed E-state index contributed by atoms with van der Waals surface area (Å²) in [6.45, 7) is 1.45. The lowest BCUT2D eigenvalue weighted by atomic mass is 9.81. The van der Waals surface area contributed by atoms with Crippen molar-refractivity contribution in [3.63, 3.8) is 0 Å². The third kappa shape index (κ3) is 5.44. The zero-order chi connectivity index (χ0) is 24.1. The van der Waals surface area contributed by atoms with Gasteiger partial charge in [0.05, 0.1) is 25.1 Å². The van der Waals surface area contributed by atoms with E-state index in [1.165, 1.54) is 17.4 Å². The number of carboxylic acids is 1. The SMILES string of the molecule is COc1ccc2nccc(C(=O)CC[C@H]3CCN(CC#Cc4sccc4F)C[C@H]3C(=O)O)c2c1. The molecule has 1 saturated heterocycles. The first-order valence-electron chi connectivity index (χ1n) is 11.1. The molecule has 0 amide bonds. The van der Waals surface area contributed by atoms with Crippen molar-refractivity contribution < 1.29 is 23.8 Å². The second-order valence-electron chi connectivity index (χ2n) is 8.33. The summed E-state index contributed by atoms with van der Waals surface area (Å²) in [5.41, 5.74) is 1.29. The van der Waals surface area contributed by atoms with Crippen molar-refractivity contribution >= 4 is 34.0 Å². The van der Waals surface area contributed by atoms with E-state index in [0.29, 0.717) is 54.2 Å². The Morgan fingerprint density at radius 2 is 2.18 bits per heavy atom. The first-order valence-corrected chi connectivity index (χ1v) is 12.0. The Kier molecular flexibility index (Phi) is 7.56. The molecule has 0 radical (unpaired) electrons. The number of hydrogen-bond acceptors (Lipinski definition) is 6. The van der Waals surface area contributed by atoms with E-state index in [4.69, 9.17) is 4.74 Å². The molecule has 0 spiro atoms. The smallest absolute Gasteiger partial charge is 0.308 e. The average Bonchev–Trinajstić information content (AvgIpc) is 3.26. The van der Waals surface area contributed by atoms with E-state index in [-0.39, 0.29) is 23.9 Å². The number of ether oxygens (including phenoxy) is 1. The molecule has 0 saturated carbocycles. The number of thiophene rings is 1. The van der Waals surface area contributed by atoms with E-state index in [1.807, 2.05) is 11.0 Å². The van der Waals surface area contributed by atoms with Gasteiger partial charge in [0.1, 0.15) is 16.4 Å². The largest absolute Gasteiger partial charge is 0.497 e. The Morgan fingerprint density at radius 3 is 2.91 bits per heavy atom. The number of Topliss-reactive ketones (excluding diaryl/α,β-unsaturated/α-hetero) is 1. The Labute approximate surface area is 201 Å². The molecule has 34 heavy (non-hydrogen) atoms. The number of halogens is 1. The van der Waals surface area contributed by atoms with Gasteiger partial charge in [0.2, 0.25) is 0 Å². The molecule has 1 aliphatic rings.